The van der Waals surface area contributed by atoms with Crippen molar-refractivity contribution in [3.8, 4) is 0 Å². The number of aryl methyl sites for hydroxylation is 3. The van der Waals surface area contributed by atoms with E-state index in [2.05, 4.69) is 5.32 Å². The molecule has 0 aliphatic carbocycles. The molecule has 1 aromatic heterocycles. The summed E-state index contributed by atoms with van der Waals surface area (Å²) in [5.41, 5.74) is 2.00. The number of benzene rings is 1. The molecule has 9 heteroatoms. The third kappa shape index (κ3) is 5.62. The van der Waals surface area contributed by atoms with Gasteiger partial charge in [-0.2, -0.15) is 5.32 Å². The Morgan fingerprint density at radius 2 is 1.78 bits per heavy atom. The number of nitrogens with one attached hydrogen (secondary N) is 1. The molecular formula is C14H19N3O4S2. The molecule has 2 rings (SSSR count). The number of nitrogens with zero attached hydrogens (tertiary/aromatic N) is 1. The van der Waals surface area contributed by atoms with Crippen molar-refractivity contribution >= 4 is 32.5 Å². The van der Waals surface area contributed by atoms with E-state index in [1.54, 1.807) is 37.6 Å². The zero-order valence-electron chi connectivity index (χ0n) is 13.3. The Morgan fingerprint density at radius 1 is 1.26 bits per heavy atom. The predicted molar refractivity (Wildman–Crippen MR) is 87.6 cm³/mol. The number of carbonyl (C=O) groups is 1. The maximum absolute atomic E-state index is 10.8. The van der Waals surface area contributed by atoms with Crippen molar-refractivity contribution in [2.24, 2.45) is 0 Å². The van der Waals surface area contributed by atoms with Crippen molar-refractivity contribution in [3.05, 3.63) is 40.4 Å². The van der Waals surface area contributed by atoms with E-state index < -0.39 is 10.1 Å². The van der Waals surface area contributed by atoms with Crippen LogP contribution in [0.15, 0.2) is 28.6 Å². The van der Waals surface area contributed by atoms with Gasteiger partial charge in [0.15, 0.2) is 0 Å². The topological polar surface area (TPSA) is 116 Å². The summed E-state index contributed by atoms with van der Waals surface area (Å²) < 4.78 is 33.9. The molecule has 1 aromatic carbocycles. The van der Waals surface area contributed by atoms with Crippen LogP contribution in [-0.4, -0.2) is 18.9 Å². The number of rotatable bonds is 2. The fourth-order valence-electron chi connectivity index (χ4n) is 2.09. The summed E-state index contributed by atoms with van der Waals surface area (Å²) in [5, 5.41) is 5.01. The molecule has 0 saturated heterocycles. The molecule has 3 N–H and O–H groups in total. The average Bonchev–Trinajstić information content (AvgIpc) is 2.71. The standard InChI is InChI=1S/C9H12O3S.C5H7N3OS/c1-6-4-7(2)9(8(3)5-6)13(10,11)12;1-4(9)7-5-8(6)2-3-10-5/h4-5H,1-3H3,(H,10,11,12);2-3H,6H2,1H3. The van der Waals surface area contributed by atoms with Gasteiger partial charge in [0.1, 0.15) is 16.3 Å². The minimum absolute atomic E-state index is 0.0851. The largest absolute Gasteiger partial charge is 0.744 e. The van der Waals surface area contributed by atoms with Crippen LogP contribution in [0.4, 0.5) is 5.13 Å². The fourth-order valence-corrected chi connectivity index (χ4v) is 3.71. The Kier molecular flexibility index (Phi) is 6.25. The van der Waals surface area contributed by atoms with Crippen molar-refractivity contribution in [2.75, 3.05) is 11.2 Å². The van der Waals surface area contributed by atoms with Crippen molar-refractivity contribution < 1.29 is 22.4 Å². The number of nitrogens with two attached hydrogens (primary N) is 1. The molecule has 126 valence electrons. The quantitative estimate of drug-likeness (QED) is 0.476. The van der Waals surface area contributed by atoms with Crippen molar-refractivity contribution in [2.45, 2.75) is 32.6 Å². The number of carbonyl (C=O) groups excluding carboxylic acids is 1. The van der Waals surface area contributed by atoms with Gasteiger partial charge in [0.25, 0.3) is 0 Å². The van der Waals surface area contributed by atoms with Gasteiger partial charge in [0.2, 0.25) is 0 Å². The zero-order chi connectivity index (χ0) is 17.8. The Morgan fingerprint density at radius 3 is 2.13 bits per heavy atom. The third-order valence-corrected chi connectivity index (χ3v) is 4.71. The van der Waals surface area contributed by atoms with Gasteiger partial charge in [-0.25, -0.2) is 13.2 Å². The van der Waals surface area contributed by atoms with Gasteiger partial charge < -0.3 is 4.55 Å². The van der Waals surface area contributed by atoms with Crippen LogP contribution >= 0.6 is 11.3 Å². The molecule has 2 aromatic rings. The zero-order valence-corrected chi connectivity index (χ0v) is 14.9. The van der Waals surface area contributed by atoms with Crippen LogP contribution in [-0.2, 0) is 14.9 Å². The number of hydrogen-bond donors (Lipinski definition) is 2. The summed E-state index contributed by atoms with van der Waals surface area (Å²) in [5.74, 6) is 5.29. The lowest BCUT2D eigenvalue weighted by Gasteiger charge is -2.14. The average molecular weight is 357 g/mol. The SMILES string of the molecule is CC(=O)Nc1scc[n+]1N.Cc1cc(C)c(S(=O)(=O)[O-])c(C)c1. The molecule has 23 heavy (non-hydrogen) atoms. The summed E-state index contributed by atoms with van der Waals surface area (Å²) in [4.78, 5) is 10.4. The second-order valence-corrected chi connectivity index (χ2v) is 7.19. The van der Waals surface area contributed by atoms with Gasteiger partial charge in [-0.05, 0) is 31.9 Å². The van der Waals surface area contributed by atoms with Crippen LogP contribution in [0.3, 0.4) is 0 Å². The van der Waals surface area contributed by atoms with E-state index in [0.29, 0.717) is 16.3 Å². The molecule has 0 unspecified atom stereocenters. The van der Waals surface area contributed by atoms with Crippen LogP contribution in [0.25, 0.3) is 0 Å². The molecule has 0 saturated carbocycles. The van der Waals surface area contributed by atoms with Gasteiger partial charge in [0, 0.05) is 12.3 Å². The van der Waals surface area contributed by atoms with E-state index in [9.17, 15) is 17.8 Å². The second kappa shape index (κ2) is 7.53. The third-order valence-electron chi connectivity index (χ3n) is 2.77. The first-order chi connectivity index (χ1) is 10.5. The van der Waals surface area contributed by atoms with Crippen LogP contribution < -0.4 is 15.8 Å². The smallest absolute Gasteiger partial charge is 0.364 e. The fraction of sp³-hybridized carbons (Fsp3) is 0.286. The Labute approximate surface area is 139 Å². The highest BCUT2D eigenvalue weighted by Crippen LogP contribution is 2.20. The summed E-state index contributed by atoms with van der Waals surface area (Å²) in [6.07, 6.45) is 1.68. The number of aromatic nitrogens is 1. The van der Waals surface area contributed by atoms with E-state index >= 15 is 0 Å². The number of nitrogen functional groups attached to an aromatic ring is 1. The van der Waals surface area contributed by atoms with E-state index in [1.165, 1.54) is 22.9 Å². The molecule has 0 spiro atoms. The normalized spacial score (nSPS) is 10.7. The Bertz CT molecular complexity index is 790. The van der Waals surface area contributed by atoms with Crippen LogP contribution in [0.2, 0.25) is 0 Å². The van der Waals surface area contributed by atoms with Gasteiger partial charge in [0.05, 0.1) is 4.90 Å². The Balaban J connectivity index is 0.000000238. The number of anilines is 1. The minimum atomic E-state index is -4.33. The van der Waals surface area contributed by atoms with Crippen LogP contribution in [0, 0.1) is 20.8 Å². The highest BCUT2D eigenvalue weighted by Gasteiger charge is 2.10. The maximum Gasteiger partial charge on any atom is 0.364 e. The van der Waals surface area contributed by atoms with Crippen molar-refractivity contribution in [1.29, 1.82) is 0 Å². The molecular weight excluding hydrogens is 338 g/mol. The lowest BCUT2D eigenvalue weighted by molar-refractivity contribution is -0.619. The lowest BCUT2D eigenvalue weighted by Crippen LogP contribution is -2.44. The minimum Gasteiger partial charge on any atom is -0.744 e. The first-order valence-electron chi connectivity index (χ1n) is 6.58. The monoisotopic (exact) mass is 357 g/mol. The van der Waals surface area contributed by atoms with E-state index in [-0.39, 0.29) is 10.8 Å². The second-order valence-electron chi connectivity index (χ2n) is 4.98. The summed E-state index contributed by atoms with van der Waals surface area (Å²) in [7, 11) is -4.33. The molecule has 0 fully saturated rings. The molecule has 0 radical (unpaired) electrons. The van der Waals surface area contributed by atoms with E-state index in [1.807, 2.05) is 6.92 Å². The lowest BCUT2D eigenvalue weighted by atomic mass is 10.1. The van der Waals surface area contributed by atoms with E-state index in [4.69, 9.17) is 5.84 Å². The van der Waals surface area contributed by atoms with Gasteiger partial charge in [-0.3, -0.25) is 5.84 Å². The molecule has 0 atom stereocenters. The van der Waals surface area contributed by atoms with Crippen LogP contribution in [0.1, 0.15) is 23.6 Å². The molecule has 0 bridgehead atoms. The Hall–Kier alpha value is -1.97. The van der Waals surface area contributed by atoms with Gasteiger partial charge >= 0.3 is 11.0 Å². The molecule has 0 aliphatic rings. The predicted octanol–water partition coefficient (Wildman–Crippen LogP) is 1.22. The summed E-state index contributed by atoms with van der Waals surface area (Å²) >= 11 is 1.38. The first kappa shape index (κ1) is 19.1. The first-order valence-corrected chi connectivity index (χ1v) is 8.86. The molecule has 0 aliphatic heterocycles. The number of amides is 1. The number of hydrogen-bond acceptors (Lipinski definition) is 6. The summed E-state index contributed by atoms with van der Waals surface area (Å²) in [6.45, 7) is 6.57. The van der Waals surface area contributed by atoms with Gasteiger partial charge in [-0.15, -0.1) is 4.68 Å². The highest BCUT2D eigenvalue weighted by atomic mass is 32.2. The van der Waals surface area contributed by atoms with Crippen molar-refractivity contribution in [3.63, 3.8) is 0 Å². The molecule has 1 heterocycles. The molecule has 1 amide bonds. The maximum atomic E-state index is 10.8. The van der Waals surface area contributed by atoms with Crippen LogP contribution in [0.5, 0.6) is 0 Å². The highest BCUT2D eigenvalue weighted by molar-refractivity contribution is 7.85. The number of thiazole rings is 1. The summed E-state index contributed by atoms with van der Waals surface area (Å²) in [6, 6.07) is 3.38. The van der Waals surface area contributed by atoms with E-state index in [0.717, 1.165) is 5.56 Å². The van der Waals surface area contributed by atoms with Gasteiger partial charge in [-0.1, -0.05) is 29.0 Å². The van der Waals surface area contributed by atoms with Crippen molar-refractivity contribution in [1.82, 2.24) is 0 Å². The molecule has 7 nitrogen and oxygen atoms in total.